The van der Waals surface area contributed by atoms with Crippen molar-refractivity contribution in [3.8, 4) is 0 Å². The maximum Gasteiger partial charge on any atom is 0.307 e. The summed E-state index contributed by atoms with van der Waals surface area (Å²) in [6.07, 6.45) is 0. The van der Waals surface area contributed by atoms with Gasteiger partial charge in [0.2, 0.25) is 10.0 Å². The number of hydrogen-bond donors (Lipinski definition) is 1. The van der Waals surface area contributed by atoms with Crippen LogP contribution in [0.25, 0.3) is 0 Å². The third-order valence-electron chi connectivity index (χ3n) is 2.78. The highest BCUT2D eigenvalue weighted by molar-refractivity contribution is 9.10. The topological polar surface area (TPSA) is 74.7 Å². The Kier molecular flexibility index (Phi) is 6.00. The third-order valence-corrected chi connectivity index (χ3v) is 5.93. The molecule has 1 unspecified atom stereocenters. The lowest BCUT2D eigenvalue weighted by molar-refractivity contribution is -0.141. The number of carboxylic acids is 1. The Labute approximate surface area is 131 Å². The first kappa shape index (κ1) is 17.4. The Morgan fingerprint density at radius 1 is 1.50 bits per heavy atom. The van der Waals surface area contributed by atoms with Crippen LogP contribution in [-0.4, -0.2) is 36.9 Å². The van der Waals surface area contributed by atoms with Gasteiger partial charge in [-0.1, -0.05) is 25.4 Å². The van der Waals surface area contributed by atoms with Crippen LogP contribution in [0.15, 0.2) is 27.6 Å². The number of carboxylic acid groups (broad SMARTS) is 1. The quantitative estimate of drug-likeness (QED) is 0.818. The van der Waals surface area contributed by atoms with E-state index >= 15 is 0 Å². The molecule has 112 valence electrons. The predicted octanol–water partition coefficient (Wildman–Crippen LogP) is 2.83. The van der Waals surface area contributed by atoms with E-state index in [1.807, 2.05) is 0 Å². The molecule has 0 aliphatic heterocycles. The summed E-state index contributed by atoms with van der Waals surface area (Å²) in [5.41, 5.74) is 0. The lowest BCUT2D eigenvalue weighted by atomic mass is 10.2. The fourth-order valence-electron chi connectivity index (χ4n) is 1.57. The van der Waals surface area contributed by atoms with Gasteiger partial charge in [-0.3, -0.25) is 4.79 Å². The van der Waals surface area contributed by atoms with Crippen LogP contribution in [0.4, 0.5) is 0 Å². The maximum absolute atomic E-state index is 12.5. The van der Waals surface area contributed by atoms with Gasteiger partial charge in [-0.25, -0.2) is 8.42 Å². The minimum atomic E-state index is -3.74. The van der Waals surface area contributed by atoms with Crippen molar-refractivity contribution in [2.24, 2.45) is 5.92 Å². The number of sulfonamides is 1. The summed E-state index contributed by atoms with van der Waals surface area (Å²) < 4.78 is 26.5. The molecule has 1 aromatic rings. The number of rotatable bonds is 6. The number of aliphatic carboxylic acids is 1. The molecule has 8 heteroatoms. The van der Waals surface area contributed by atoms with Crippen molar-refractivity contribution in [2.45, 2.75) is 18.7 Å². The van der Waals surface area contributed by atoms with Crippen molar-refractivity contribution in [3.63, 3.8) is 0 Å². The molecule has 20 heavy (non-hydrogen) atoms. The van der Waals surface area contributed by atoms with Gasteiger partial charge in [-0.15, -0.1) is 0 Å². The zero-order chi connectivity index (χ0) is 15.5. The third kappa shape index (κ3) is 3.94. The summed E-state index contributed by atoms with van der Waals surface area (Å²) in [7, 11) is -3.74. The zero-order valence-corrected chi connectivity index (χ0v) is 14.2. The van der Waals surface area contributed by atoms with E-state index in [2.05, 4.69) is 15.9 Å². The van der Waals surface area contributed by atoms with E-state index in [9.17, 15) is 13.2 Å². The van der Waals surface area contributed by atoms with Crippen LogP contribution in [0, 0.1) is 5.92 Å². The van der Waals surface area contributed by atoms with Gasteiger partial charge in [0.15, 0.2) is 0 Å². The highest BCUT2D eigenvalue weighted by Crippen LogP contribution is 2.27. The fraction of sp³-hybridized carbons (Fsp3) is 0.417. The van der Waals surface area contributed by atoms with E-state index in [0.29, 0.717) is 9.50 Å². The van der Waals surface area contributed by atoms with Gasteiger partial charge in [0.05, 0.1) is 15.8 Å². The van der Waals surface area contributed by atoms with Gasteiger partial charge in [-0.05, 0) is 34.1 Å². The van der Waals surface area contributed by atoms with Crippen molar-refractivity contribution >= 4 is 43.5 Å². The molecule has 0 aromatic heterocycles. The first-order valence-electron chi connectivity index (χ1n) is 5.88. The summed E-state index contributed by atoms with van der Waals surface area (Å²) in [6, 6.07) is 4.29. The lowest BCUT2D eigenvalue weighted by Crippen LogP contribution is -2.36. The van der Waals surface area contributed by atoms with Crippen molar-refractivity contribution < 1.29 is 18.3 Å². The number of halogens is 2. The SMILES string of the molecule is CCN(CC(C)C(=O)O)S(=O)(=O)c1ccc(Cl)c(Br)c1. The number of benzene rings is 1. The molecule has 1 rings (SSSR count). The van der Waals surface area contributed by atoms with E-state index in [-0.39, 0.29) is 18.0 Å². The van der Waals surface area contributed by atoms with Crippen molar-refractivity contribution in [1.29, 1.82) is 0 Å². The monoisotopic (exact) mass is 383 g/mol. The average Bonchev–Trinajstić information content (AvgIpc) is 2.38. The van der Waals surface area contributed by atoms with Gasteiger partial charge >= 0.3 is 5.97 Å². The molecule has 0 fully saturated rings. The normalized spacial score (nSPS) is 13.4. The van der Waals surface area contributed by atoms with Crippen LogP contribution in [0.2, 0.25) is 5.02 Å². The molecule has 0 bridgehead atoms. The second kappa shape index (κ2) is 6.89. The van der Waals surface area contributed by atoms with E-state index in [1.165, 1.54) is 25.1 Å². The first-order chi connectivity index (χ1) is 9.20. The van der Waals surface area contributed by atoms with Gasteiger partial charge in [0, 0.05) is 17.6 Å². The van der Waals surface area contributed by atoms with Crippen LogP contribution in [0.1, 0.15) is 13.8 Å². The minimum absolute atomic E-state index is 0.0750. The van der Waals surface area contributed by atoms with Crippen molar-refractivity contribution in [3.05, 3.63) is 27.7 Å². The molecule has 0 aliphatic rings. The van der Waals surface area contributed by atoms with Crippen LogP contribution in [-0.2, 0) is 14.8 Å². The second-order valence-electron chi connectivity index (χ2n) is 4.27. The Hall–Kier alpha value is -0.630. The van der Waals surface area contributed by atoms with Gasteiger partial charge < -0.3 is 5.11 Å². The minimum Gasteiger partial charge on any atom is -0.481 e. The largest absolute Gasteiger partial charge is 0.481 e. The number of hydrogen-bond acceptors (Lipinski definition) is 3. The van der Waals surface area contributed by atoms with Crippen LogP contribution < -0.4 is 0 Å². The Morgan fingerprint density at radius 2 is 2.10 bits per heavy atom. The smallest absolute Gasteiger partial charge is 0.307 e. The molecule has 0 radical (unpaired) electrons. The molecule has 0 saturated heterocycles. The molecule has 0 saturated carbocycles. The number of nitrogens with zero attached hydrogens (tertiary/aromatic N) is 1. The van der Waals surface area contributed by atoms with Gasteiger partial charge in [0.25, 0.3) is 0 Å². The summed E-state index contributed by atoms with van der Waals surface area (Å²) >= 11 is 9.01. The van der Waals surface area contributed by atoms with E-state index in [0.717, 1.165) is 4.31 Å². The van der Waals surface area contributed by atoms with Gasteiger partial charge in [0.1, 0.15) is 0 Å². The standard InChI is InChI=1S/C12H15BrClNO4S/c1-3-15(7-8(2)12(16)17)20(18,19)9-4-5-11(14)10(13)6-9/h4-6,8H,3,7H2,1-2H3,(H,16,17). The molecular weight excluding hydrogens is 370 g/mol. The summed E-state index contributed by atoms with van der Waals surface area (Å²) in [5.74, 6) is -1.81. The second-order valence-corrected chi connectivity index (χ2v) is 7.47. The molecule has 0 heterocycles. The van der Waals surface area contributed by atoms with Gasteiger partial charge in [-0.2, -0.15) is 4.31 Å². The zero-order valence-electron chi connectivity index (χ0n) is 11.0. The van der Waals surface area contributed by atoms with Crippen molar-refractivity contribution in [2.75, 3.05) is 13.1 Å². The maximum atomic E-state index is 12.5. The lowest BCUT2D eigenvalue weighted by Gasteiger charge is -2.22. The summed E-state index contributed by atoms with van der Waals surface area (Å²) in [6.45, 7) is 3.25. The molecule has 1 N–H and O–H groups in total. The molecular formula is C12H15BrClNO4S. The Morgan fingerprint density at radius 3 is 2.55 bits per heavy atom. The number of carbonyl (C=O) groups is 1. The highest BCUT2D eigenvalue weighted by atomic mass is 79.9. The predicted molar refractivity (Wildman–Crippen MR) is 80.4 cm³/mol. The molecule has 5 nitrogen and oxygen atoms in total. The first-order valence-corrected chi connectivity index (χ1v) is 8.49. The summed E-state index contributed by atoms with van der Waals surface area (Å²) in [5, 5.41) is 9.31. The van der Waals surface area contributed by atoms with Crippen LogP contribution >= 0.6 is 27.5 Å². The molecule has 0 spiro atoms. The molecule has 0 amide bonds. The molecule has 0 aliphatic carbocycles. The van der Waals surface area contributed by atoms with E-state index in [1.54, 1.807) is 6.92 Å². The van der Waals surface area contributed by atoms with Crippen LogP contribution in [0.5, 0.6) is 0 Å². The molecule has 1 aromatic carbocycles. The highest BCUT2D eigenvalue weighted by Gasteiger charge is 2.27. The van der Waals surface area contributed by atoms with Crippen molar-refractivity contribution in [1.82, 2.24) is 4.31 Å². The van der Waals surface area contributed by atoms with E-state index < -0.39 is 21.9 Å². The van der Waals surface area contributed by atoms with E-state index in [4.69, 9.17) is 16.7 Å². The summed E-state index contributed by atoms with van der Waals surface area (Å²) in [4.78, 5) is 10.9. The van der Waals surface area contributed by atoms with Crippen LogP contribution in [0.3, 0.4) is 0 Å². The molecule has 1 atom stereocenters. The fourth-order valence-corrected chi connectivity index (χ4v) is 3.78. The Balaban J connectivity index is 3.11. The average molecular weight is 385 g/mol. The Bertz CT molecular complexity index is 605.